The number of rotatable bonds is 7. The Hall–Kier alpha value is -3.02. The lowest BCUT2D eigenvalue weighted by Crippen LogP contribution is -2.23. The fourth-order valence-corrected chi connectivity index (χ4v) is 2.02. The number of nitrogens with one attached hydrogen (secondary N) is 1. The largest absolute Gasteiger partial charge is 0.497 e. The van der Waals surface area contributed by atoms with Crippen molar-refractivity contribution in [1.29, 1.82) is 0 Å². The monoisotopic (exact) mass is 343 g/mol. The van der Waals surface area contributed by atoms with Crippen LogP contribution in [0.3, 0.4) is 0 Å². The summed E-state index contributed by atoms with van der Waals surface area (Å²) in [6.45, 7) is 3.31. The Morgan fingerprint density at radius 3 is 2.24 bits per heavy atom. The summed E-state index contributed by atoms with van der Waals surface area (Å²) in [7, 11) is 1.57. The summed E-state index contributed by atoms with van der Waals surface area (Å²) in [6, 6.07) is 12.4. The summed E-state index contributed by atoms with van der Waals surface area (Å²) in [5.41, 5.74) is 2.88. The molecule has 0 aromatic heterocycles. The van der Waals surface area contributed by atoms with Crippen LogP contribution < -0.4 is 14.8 Å². The molecule has 6 heteroatoms. The minimum atomic E-state index is -0.619. The number of carbonyl (C=O) groups excluding carboxylic acids is 2. The van der Waals surface area contributed by atoms with Crippen molar-refractivity contribution in [1.82, 2.24) is 0 Å². The number of amides is 1. The van der Waals surface area contributed by atoms with Crippen molar-refractivity contribution in [2.24, 2.45) is 0 Å². The van der Waals surface area contributed by atoms with Crippen LogP contribution in [0.1, 0.15) is 11.1 Å². The number of anilines is 1. The Kier molecular flexibility index (Phi) is 6.39. The van der Waals surface area contributed by atoms with E-state index in [9.17, 15) is 9.59 Å². The molecule has 0 spiro atoms. The van der Waals surface area contributed by atoms with Crippen molar-refractivity contribution in [3.05, 3.63) is 53.6 Å². The molecule has 6 nitrogen and oxygen atoms in total. The van der Waals surface area contributed by atoms with Gasteiger partial charge in [0.05, 0.1) is 7.11 Å². The first-order valence-corrected chi connectivity index (χ1v) is 7.77. The Morgan fingerprint density at radius 2 is 1.60 bits per heavy atom. The molecule has 132 valence electrons. The lowest BCUT2D eigenvalue weighted by molar-refractivity contribution is -0.149. The van der Waals surface area contributed by atoms with Crippen molar-refractivity contribution in [3.8, 4) is 11.5 Å². The van der Waals surface area contributed by atoms with Crippen LogP contribution in [0.15, 0.2) is 42.5 Å². The van der Waals surface area contributed by atoms with Crippen molar-refractivity contribution in [3.63, 3.8) is 0 Å². The number of esters is 1. The van der Waals surface area contributed by atoms with Gasteiger partial charge in [-0.15, -0.1) is 0 Å². The zero-order valence-electron chi connectivity index (χ0n) is 14.5. The Balaban J connectivity index is 1.73. The summed E-state index contributed by atoms with van der Waals surface area (Å²) >= 11 is 0. The van der Waals surface area contributed by atoms with Gasteiger partial charge < -0.3 is 19.5 Å². The number of methoxy groups -OCH3 is 1. The van der Waals surface area contributed by atoms with Gasteiger partial charge in [0.2, 0.25) is 0 Å². The van der Waals surface area contributed by atoms with E-state index in [4.69, 9.17) is 14.2 Å². The predicted molar refractivity (Wildman–Crippen MR) is 94.0 cm³/mol. The molecule has 2 aromatic carbocycles. The normalized spacial score (nSPS) is 10.0. The van der Waals surface area contributed by atoms with E-state index in [-0.39, 0.29) is 13.2 Å². The van der Waals surface area contributed by atoms with Crippen LogP contribution in [0.2, 0.25) is 0 Å². The average Bonchev–Trinajstić information content (AvgIpc) is 2.61. The summed E-state index contributed by atoms with van der Waals surface area (Å²) in [6.07, 6.45) is 0. The van der Waals surface area contributed by atoms with Gasteiger partial charge >= 0.3 is 5.97 Å². The van der Waals surface area contributed by atoms with Crippen molar-refractivity contribution < 1.29 is 23.8 Å². The third-order valence-corrected chi connectivity index (χ3v) is 3.57. The van der Waals surface area contributed by atoms with Gasteiger partial charge in [-0.05, 0) is 61.4 Å². The second-order valence-electron chi connectivity index (χ2n) is 5.47. The number of aryl methyl sites for hydroxylation is 2. The van der Waals surface area contributed by atoms with Crippen LogP contribution in [0.25, 0.3) is 0 Å². The first kappa shape index (κ1) is 18.3. The van der Waals surface area contributed by atoms with E-state index in [1.807, 2.05) is 26.0 Å². The van der Waals surface area contributed by atoms with Gasteiger partial charge in [-0.2, -0.15) is 0 Å². The molecule has 0 heterocycles. The van der Waals surface area contributed by atoms with E-state index in [1.165, 1.54) is 0 Å². The zero-order valence-corrected chi connectivity index (χ0v) is 14.5. The predicted octanol–water partition coefficient (Wildman–Crippen LogP) is 2.87. The van der Waals surface area contributed by atoms with E-state index in [0.717, 1.165) is 11.1 Å². The lowest BCUT2D eigenvalue weighted by Gasteiger charge is -2.09. The molecule has 0 bridgehead atoms. The van der Waals surface area contributed by atoms with Crippen LogP contribution in [0.5, 0.6) is 11.5 Å². The van der Waals surface area contributed by atoms with Crippen LogP contribution in [0.4, 0.5) is 5.69 Å². The van der Waals surface area contributed by atoms with Gasteiger partial charge in [0.25, 0.3) is 5.91 Å². The quantitative estimate of drug-likeness (QED) is 0.783. The van der Waals surface area contributed by atoms with Gasteiger partial charge in [-0.1, -0.05) is 6.07 Å². The van der Waals surface area contributed by atoms with E-state index in [2.05, 4.69) is 5.32 Å². The van der Waals surface area contributed by atoms with Gasteiger partial charge in [0.1, 0.15) is 11.5 Å². The molecule has 0 unspecified atom stereocenters. The van der Waals surface area contributed by atoms with Gasteiger partial charge in [0, 0.05) is 5.69 Å². The number of ether oxygens (including phenoxy) is 3. The maximum Gasteiger partial charge on any atom is 0.344 e. The molecule has 25 heavy (non-hydrogen) atoms. The lowest BCUT2D eigenvalue weighted by atomic mass is 10.1. The second kappa shape index (κ2) is 8.73. The van der Waals surface area contributed by atoms with Crippen LogP contribution in [0, 0.1) is 13.8 Å². The second-order valence-corrected chi connectivity index (χ2v) is 5.47. The first-order valence-electron chi connectivity index (χ1n) is 7.77. The minimum absolute atomic E-state index is 0.275. The summed E-state index contributed by atoms with van der Waals surface area (Å²) in [4.78, 5) is 23.5. The number of hydrogen-bond donors (Lipinski definition) is 1. The molecule has 0 atom stereocenters. The molecule has 0 aliphatic carbocycles. The first-order chi connectivity index (χ1) is 12.0. The molecule has 0 aliphatic heterocycles. The minimum Gasteiger partial charge on any atom is -0.497 e. The molecular formula is C19H21NO5. The van der Waals surface area contributed by atoms with Crippen molar-refractivity contribution in [2.45, 2.75) is 13.8 Å². The summed E-state index contributed by atoms with van der Waals surface area (Å²) < 4.78 is 15.2. The van der Waals surface area contributed by atoms with Crippen LogP contribution in [-0.4, -0.2) is 32.2 Å². The molecule has 0 radical (unpaired) electrons. The third-order valence-electron chi connectivity index (χ3n) is 3.57. The number of hydrogen-bond acceptors (Lipinski definition) is 5. The Bertz CT molecular complexity index is 740. The molecule has 0 aliphatic rings. The maximum absolute atomic E-state index is 11.8. The van der Waals surface area contributed by atoms with Gasteiger partial charge in [0.15, 0.2) is 13.2 Å². The fraction of sp³-hybridized carbons (Fsp3) is 0.263. The summed E-state index contributed by atoms with van der Waals surface area (Å²) in [5, 5.41) is 2.68. The molecule has 0 saturated heterocycles. The van der Waals surface area contributed by atoms with Crippen LogP contribution >= 0.6 is 0 Å². The van der Waals surface area contributed by atoms with E-state index in [0.29, 0.717) is 17.2 Å². The van der Waals surface area contributed by atoms with E-state index in [1.54, 1.807) is 37.4 Å². The molecule has 1 N–H and O–H groups in total. The van der Waals surface area contributed by atoms with Crippen molar-refractivity contribution in [2.75, 3.05) is 25.6 Å². The summed E-state index contributed by atoms with van der Waals surface area (Å²) in [5.74, 6) is 0.183. The number of carbonyl (C=O) groups is 2. The van der Waals surface area contributed by atoms with Crippen LogP contribution in [-0.2, 0) is 14.3 Å². The maximum atomic E-state index is 11.8. The zero-order chi connectivity index (χ0) is 18.2. The molecule has 1 amide bonds. The topological polar surface area (TPSA) is 73.9 Å². The molecule has 2 aromatic rings. The smallest absolute Gasteiger partial charge is 0.344 e. The molecular weight excluding hydrogens is 322 g/mol. The fourth-order valence-electron chi connectivity index (χ4n) is 2.02. The molecule has 0 saturated carbocycles. The SMILES string of the molecule is COc1ccc(OCC(=O)OCC(=O)Nc2ccc(C)c(C)c2)cc1. The van der Waals surface area contributed by atoms with E-state index >= 15 is 0 Å². The molecule has 0 fully saturated rings. The van der Waals surface area contributed by atoms with Gasteiger partial charge in [-0.3, -0.25) is 4.79 Å². The van der Waals surface area contributed by atoms with Gasteiger partial charge in [-0.25, -0.2) is 4.79 Å². The van der Waals surface area contributed by atoms with E-state index < -0.39 is 11.9 Å². The highest BCUT2D eigenvalue weighted by Crippen LogP contribution is 2.17. The molecule has 2 rings (SSSR count). The third kappa shape index (κ3) is 5.84. The standard InChI is InChI=1S/C19H21NO5/c1-13-4-5-15(10-14(13)2)20-18(21)11-25-19(22)12-24-17-8-6-16(23-3)7-9-17/h4-10H,11-12H2,1-3H3,(H,20,21). The highest BCUT2D eigenvalue weighted by molar-refractivity contribution is 5.93. The Labute approximate surface area is 146 Å². The highest BCUT2D eigenvalue weighted by Gasteiger charge is 2.09. The highest BCUT2D eigenvalue weighted by atomic mass is 16.6. The average molecular weight is 343 g/mol. The van der Waals surface area contributed by atoms with Crippen molar-refractivity contribution >= 4 is 17.6 Å². The number of benzene rings is 2. The Morgan fingerprint density at radius 1 is 0.920 bits per heavy atom.